The van der Waals surface area contributed by atoms with Crippen molar-refractivity contribution >= 4 is 6.08 Å². The Hall–Kier alpha value is -2.88. The number of hydrogen-bond donors (Lipinski definition) is 1. The van der Waals surface area contributed by atoms with E-state index in [1.165, 1.54) is 0 Å². The van der Waals surface area contributed by atoms with Crippen molar-refractivity contribution in [1.29, 1.82) is 0 Å². The Labute approximate surface area is 198 Å². The maximum atomic E-state index is 12.0. The van der Waals surface area contributed by atoms with Gasteiger partial charge in [-0.1, -0.05) is 91.0 Å². The van der Waals surface area contributed by atoms with E-state index in [9.17, 15) is 5.11 Å². The summed E-state index contributed by atoms with van der Waals surface area (Å²) < 4.78 is 6.05. The van der Waals surface area contributed by atoms with Gasteiger partial charge in [0.05, 0.1) is 6.61 Å². The SMILES string of the molecule is C/C=C/c1ccccc1OCCCN1CCC(C(O)(c2ccccc2)c2ccccc2)CC1. The predicted molar refractivity (Wildman–Crippen MR) is 136 cm³/mol. The standard InChI is InChI=1S/C30H35NO2/c1-2-12-25-13-9-10-18-29(25)33-24-11-21-31-22-19-28(20-23-31)30(32,26-14-5-3-6-15-26)27-16-7-4-8-17-27/h2-10,12-18,28,32H,11,19-24H2,1H3/b12-2+. The van der Waals surface area contributed by atoms with Gasteiger partial charge in [-0.05, 0) is 62.4 Å². The third-order valence-electron chi connectivity index (χ3n) is 6.75. The molecule has 1 saturated heterocycles. The monoisotopic (exact) mass is 441 g/mol. The largest absolute Gasteiger partial charge is 0.493 e. The van der Waals surface area contributed by atoms with Gasteiger partial charge >= 0.3 is 0 Å². The Kier molecular flexibility index (Phi) is 7.98. The fraction of sp³-hybridized carbons (Fsp3) is 0.333. The molecule has 1 N–H and O–H groups in total. The van der Waals surface area contributed by atoms with Crippen LogP contribution in [0.4, 0.5) is 0 Å². The summed E-state index contributed by atoms with van der Waals surface area (Å²) in [5.41, 5.74) is 2.15. The summed E-state index contributed by atoms with van der Waals surface area (Å²) in [5.74, 6) is 1.15. The normalized spacial score (nSPS) is 15.7. The molecule has 0 spiro atoms. The van der Waals surface area contributed by atoms with Gasteiger partial charge in [0.25, 0.3) is 0 Å². The molecule has 1 fully saturated rings. The quantitative estimate of drug-likeness (QED) is 0.405. The lowest BCUT2D eigenvalue weighted by molar-refractivity contribution is -0.0146. The summed E-state index contributed by atoms with van der Waals surface area (Å²) in [4.78, 5) is 2.51. The summed E-state index contributed by atoms with van der Waals surface area (Å²) in [7, 11) is 0. The van der Waals surface area contributed by atoms with Gasteiger partial charge in [0.1, 0.15) is 11.4 Å². The summed E-state index contributed by atoms with van der Waals surface area (Å²) in [6, 6.07) is 28.5. The maximum absolute atomic E-state index is 12.0. The first-order chi connectivity index (χ1) is 16.2. The third kappa shape index (κ3) is 5.55. The Morgan fingerprint density at radius 2 is 1.45 bits per heavy atom. The van der Waals surface area contributed by atoms with Crippen LogP contribution in [0.1, 0.15) is 42.9 Å². The third-order valence-corrected chi connectivity index (χ3v) is 6.75. The number of aliphatic hydroxyl groups is 1. The van der Waals surface area contributed by atoms with E-state index in [0.717, 1.165) is 61.3 Å². The molecule has 3 aromatic carbocycles. The van der Waals surface area contributed by atoms with Gasteiger partial charge in [-0.25, -0.2) is 0 Å². The second kappa shape index (κ2) is 11.3. The number of hydrogen-bond acceptors (Lipinski definition) is 3. The van der Waals surface area contributed by atoms with Crippen LogP contribution in [0.5, 0.6) is 5.75 Å². The molecule has 0 aromatic heterocycles. The molecule has 0 aliphatic carbocycles. The Bertz CT molecular complexity index is 968. The fourth-order valence-electron chi connectivity index (χ4n) is 5.00. The van der Waals surface area contributed by atoms with E-state index >= 15 is 0 Å². The van der Waals surface area contributed by atoms with Crippen LogP contribution in [0.2, 0.25) is 0 Å². The van der Waals surface area contributed by atoms with Gasteiger partial charge in [0.15, 0.2) is 0 Å². The molecule has 1 aliphatic rings. The Morgan fingerprint density at radius 3 is 2.06 bits per heavy atom. The molecule has 1 heterocycles. The highest BCUT2D eigenvalue weighted by atomic mass is 16.5. The molecule has 0 unspecified atom stereocenters. The first-order valence-electron chi connectivity index (χ1n) is 12.1. The van der Waals surface area contributed by atoms with Crippen molar-refractivity contribution in [1.82, 2.24) is 4.90 Å². The number of nitrogens with zero attached hydrogens (tertiary/aromatic N) is 1. The van der Waals surface area contributed by atoms with E-state index < -0.39 is 5.60 Å². The molecule has 0 radical (unpaired) electrons. The van der Waals surface area contributed by atoms with Crippen molar-refractivity contribution < 1.29 is 9.84 Å². The summed E-state index contributed by atoms with van der Waals surface area (Å²) in [6.45, 7) is 5.76. The summed E-state index contributed by atoms with van der Waals surface area (Å²) in [5, 5.41) is 12.0. The molecule has 0 bridgehead atoms. The average molecular weight is 442 g/mol. The highest BCUT2D eigenvalue weighted by Crippen LogP contribution is 2.41. The molecule has 172 valence electrons. The van der Waals surface area contributed by atoms with E-state index in [-0.39, 0.29) is 5.92 Å². The van der Waals surface area contributed by atoms with E-state index in [2.05, 4.69) is 41.3 Å². The molecule has 33 heavy (non-hydrogen) atoms. The minimum absolute atomic E-state index is 0.197. The minimum Gasteiger partial charge on any atom is -0.493 e. The first kappa shape index (κ1) is 23.3. The maximum Gasteiger partial charge on any atom is 0.126 e. The first-order valence-corrected chi connectivity index (χ1v) is 12.1. The zero-order valence-electron chi connectivity index (χ0n) is 19.6. The van der Waals surface area contributed by atoms with Crippen LogP contribution in [0.3, 0.4) is 0 Å². The number of likely N-dealkylation sites (tertiary alicyclic amines) is 1. The number of para-hydroxylation sites is 1. The van der Waals surface area contributed by atoms with E-state index in [1.807, 2.05) is 67.6 Å². The molecular weight excluding hydrogens is 406 g/mol. The molecular formula is C30H35NO2. The molecule has 0 atom stereocenters. The number of benzene rings is 3. The summed E-state index contributed by atoms with van der Waals surface area (Å²) >= 11 is 0. The molecule has 4 rings (SSSR count). The molecule has 0 amide bonds. The topological polar surface area (TPSA) is 32.7 Å². The number of ether oxygens (including phenoxy) is 1. The second-order valence-electron chi connectivity index (χ2n) is 8.85. The van der Waals surface area contributed by atoms with Gasteiger partial charge in [-0.15, -0.1) is 0 Å². The number of allylic oxidation sites excluding steroid dienone is 1. The van der Waals surface area contributed by atoms with Gasteiger partial charge in [0.2, 0.25) is 0 Å². The van der Waals surface area contributed by atoms with Crippen LogP contribution < -0.4 is 4.74 Å². The zero-order valence-corrected chi connectivity index (χ0v) is 19.6. The molecule has 1 aliphatic heterocycles. The van der Waals surface area contributed by atoms with Crippen LogP contribution in [0.15, 0.2) is 91.0 Å². The fourth-order valence-corrected chi connectivity index (χ4v) is 5.00. The molecule has 3 heteroatoms. The van der Waals surface area contributed by atoms with Crippen LogP contribution in [0.25, 0.3) is 6.08 Å². The van der Waals surface area contributed by atoms with Crippen LogP contribution in [-0.2, 0) is 5.60 Å². The van der Waals surface area contributed by atoms with Crippen molar-refractivity contribution in [2.24, 2.45) is 5.92 Å². The second-order valence-corrected chi connectivity index (χ2v) is 8.85. The lowest BCUT2D eigenvalue weighted by Gasteiger charge is -2.42. The molecule has 3 nitrogen and oxygen atoms in total. The number of rotatable bonds is 9. The van der Waals surface area contributed by atoms with Crippen molar-refractivity contribution in [2.75, 3.05) is 26.2 Å². The van der Waals surface area contributed by atoms with E-state index in [0.29, 0.717) is 6.61 Å². The van der Waals surface area contributed by atoms with Crippen LogP contribution in [0, 0.1) is 5.92 Å². The van der Waals surface area contributed by atoms with Crippen molar-refractivity contribution in [3.05, 3.63) is 108 Å². The van der Waals surface area contributed by atoms with Gasteiger partial charge < -0.3 is 14.7 Å². The zero-order chi connectivity index (χ0) is 22.9. The predicted octanol–water partition coefficient (Wildman–Crippen LogP) is 6.14. The highest BCUT2D eigenvalue weighted by molar-refractivity contribution is 5.56. The van der Waals surface area contributed by atoms with Crippen molar-refractivity contribution in [2.45, 2.75) is 31.8 Å². The van der Waals surface area contributed by atoms with E-state index in [1.54, 1.807) is 0 Å². The molecule has 0 saturated carbocycles. The van der Waals surface area contributed by atoms with Crippen molar-refractivity contribution in [3.8, 4) is 5.75 Å². The lowest BCUT2D eigenvalue weighted by atomic mass is 9.72. The smallest absolute Gasteiger partial charge is 0.126 e. The average Bonchev–Trinajstić information content (AvgIpc) is 2.88. The minimum atomic E-state index is -0.950. The van der Waals surface area contributed by atoms with Gasteiger partial charge in [-0.3, -0.25) is 0 Å². The number of piperidine rings is 1. The van der Waals surface area contributed by atoms with Crippen LogP contribution in [-0.4, -0.2) is 36.2 Å². The van der Waals surface area contributed by atoms with Crippen molar-refractivity contribution in [3.63, 3.8) is 0 Å². The Balaban J connectivity index is 1.33. The molecule has 3 aromatic rings. The Morgan fingerprint density at radius 1 is 0.879 bits per heavy atom. The van der Waals surface area contributed by atoms with Crippen LogP contribution >= 0.6 is 0 Å². The highest BCUT2D eigenvalue weighted by Gasteiger charge is 2.41. The van der Waals surface area contributed by atoms with E-state index in [4.69, 9.17) is 4.74 Å². The van der Waals surface area contributed by atoms with Gasteiger partial charge in [0, 0.05) is 12.1 Å². The lowest BCUT2D eigenvalue weighted by Crippen LogP contribution is -2.44. The summed E-state index contributed by atoms with van der Waals surface area (Å²) in [6.07, 6.45) is 7.08. The van der Waals surface area contributed by atoms with Gasteiger partial charge in [-0.2, -0.15) is 0 Å².